The molecule has 4 N–H and O–H groups in total. The van der Waals surface area contributed by atoms with Crippen molar-refractivity contribution in [3.05, 3.63) is 152 Å². The number of ether oxygens (including phenoxy) is 3. The number of aromatic nitrogens is 3. The van der Waals surface area contributed by atoms with Gasteiger partial charge in [0, 0.05) is 87.3 Å². The number of carboxylic acids is 1. The lowest BCUT2D eigenvalue weighted by Crippen LogP contribution is -2.29. The minimum Gasteiger partial charge on any atom is -0.512 e. The second-order valence-corrected chi connectivity index (χ2v) is 33.1. The predicted molar refractivity (Wildman–Crippen MR) is 417 cm³/mol. The SMILES string of the molecule is CC.CC.CC.CC(=O)[C@@H](OC(C)(C)C)c1c(C)nc2sc3c(c2c1[C@@H]1CC=C(Cl)C=C1O)CCCC3.CC1=CC[C@@H](c2c([C@H](OC(C)(C)C)C(=O)O)c(C)nc3sc4c(c23)CCCC4)C(O)=C1.CCC1=CC[C@@H](c2c([C@H](OC(C)(C)C)C(C)=O)c(C)nc3sc4c(c23)CCCC4)C(O)=C1. The standard InChI is InChI=1S/C27H35NO3S.C25H30ClNO3S.C25H31NO4S.3C2H6/c1-7-17-12-13-18(20(30)14-17)23-22(25(16(3)29)31-27(4,5)6)15(2)28-26-24(23)19-10-8-9-11-21(19)32-26;1-13-20(23(14(2)28)30-25(3,4)5)21(16-11-10-15(26)12-18(16)29)22-17-8-6-7-9-19(17)31-24(22)27-13;1-13-10-11-15(17(27)12-13)20-19(22(24(28)29)30-25(3,4)5)14(2)26-23-21(20)16-8-6-7-9-18(16)31-23;3*1-2/h12,14,18,25,30H,7-11,13H2,1-6H3;10,12,16,23,29H,6-9,11H2,1-5H3;10,12,15,22,27H,6-9,11H2,1-5H3,(H,28,29);3*1-2H3/t18-,25-;16-,23-;15-,22+;;;/m111.../s1. The number of Topliss-reactive ketones (excluding diaryl/α,β-unsaturated/α-hetero) is 2. The summed E-state index contributed by atoms with van der Waals surface area (Å²) < 4.78 is 18.7. The van der Waals surface area contributed by atoms with E-state index in [4.69, 9.17) is 40.8 Å². The third-order valence-corrected chi connectivity index (χ3v) is 22.5. The van der Waals surface area contributed by atoms with Crippen molar-refractivity contribution in [2.24, 2.45) is 0 Å². The number of rotatable bonds is 13. The van der Waals surface area contributed by atoms with Crippen molar-refractivity contribution >= 4 is 93.8 Å². The highest BCUT2D eigenvalue weighted by molar-refractivity contribution is 7.19. The Hall–Kier alpha value is -5.85. The number of allylic oxidation sites excluding steroid dienone is 12. The summed E-state index contributed by atoms with van der Waals surface area (Å²) >= 11 is 11.4. The van der Waals surface area contributed by atoms with Gasteiger partial charge in [-0.15, -0.1) is 34.0 Å². The van der Waals surface area contributed by atoms with E-state index in [-0.39, 0.29) is 40.8 Å². The van der Waals surface area contributed by atoms with Crippen LogP contribution in [-0.2, 0) is 67.1 Å². The Morgan fingerprint density at radius 1 is 0.490 bits per heavy atom. The van der Waals surface area contributed by atoms with Crippen molar-refractivity contribution in [2.75, 3.05) is 0 Å². The van der Waals surface area contributed by atoms with Crippen LogP contribution in [0.1, 0.15) is 314 Å². The van der Waals surface area contributed by atoms with E-state index in [9.17, 15) is 34.8 Å². The summed E-state index contributed by atoms with van der Waals surface area (Å²) in [4.78, 5) is 60.1. The first-order chi connectivity index (χ1) is 47.2. The van der Waals surface area contributed by atoms with Crippen LogP contribution >= 0.6 is 45.6 Å². The van der Waals surface area contributed by atoms with Crippen LogP contribution < -0.4 is 0 Å². The number of aryl methyl sites for hydroxylation is 9. The molecule has 0 spiro atoms. The Morgan fingerprint density at radius 2 is 0.800 bits per heavy atom. The van der Waals surface area contributed by atoms with E-state index in [1.165, 1.54) is 57.0 Å². The van der Waals surface area contributed by atoms with Gasteiger partial charge in [-0.3, -0.25) is 9.59 Å². The number of carbonyl (C=O) groups excluding carboxylic acids is 2. The maximum atomic E-state index is 12.9. The van der Waals surface area contributed by atoms with Gasteiger partial charge in [0.25, 0.3) is 0 Å². The highest BCUT2D eigenvalue weighted by Gasteiger charge is 2.41. The molecule has 6 aliphatic carbocycles. The van der Waals surface area contributed by atoms with Crippen LogP contribution in [-0.4, -0.2) is 69.7 Å². The Labute approximate surface area is 613 Å². The molecule has 6 atom stereocenters. The number of hydrogen-bond acceptors (Lipinski definition) is 15. The second-order valence-electron chi connectivity index (χ2n) is 29.4. The molecular weight excluding hydrogens is 1330 g/mol. The lowest BCUT2D eigenvalue weighted by atomic mass is 9.80. The highest BCUT2D eigenvalue weighted by Crippen LogP contribution is 2.52. The first-order valence-electron chi connectivity index (χ1n) is 36.8. The fourth-order valence-electron chi connectivity index (χ4n) is 14.7. The molecule has 12 rings (SSSR count). The van der Waals surface area contributed by atoms with Crippen molar-refractivity contribution in [3.8, 4) is 0 Å². The van der Waals surface area contributed by atoms with E-state index >= 15 is 0 Å². The number of aliphatic hydroxyl groups is 3. The average Bonchev–Trinajstić information content (AvgIpc) is 1.52. The summed E-state index contributed by atoms with van der Waals surface area (Å²) in [6.45, 7) is 42.4. The normalized spacial score (nSPS) is 19.1. The van der Waals surface area contributed by atoms with Crippen LogP contribution in [0, 0.1) is 20.8 Å². The minimum absolute atomic E-state index is 0.0291. The van der Waals surface area contributed by atoms with Crippen molar-refractivity contribution in [2.45, 2.75) is 308 Å². The molecule has 546 valence electrons. The zero-order chi connectivity index (χ0) is 74.2. The smallest absolute Gasteiger partial charge is 0.337 e. The summed E-state index contributed by atoms with van der Waals surface area (Å²) in [6, 6.07) is 0. The average molecular weight is 1450 g/mol. The molecule has 0 aromatic carbocycles. The third kappa shape index (κ3) is 18.6. The van der Waals surface area contributed by atoms with Crippen LogP contribution in [0.5, 0.6) is 0 Å². The van der Waals surface area contributed by atoms with Crippen molar-refractivity contribution in [3.63, 3.8) is 0 Å². The topological polar surface area (TPSA) is 198 Å². The number of hydrogen-bond donors (Lipinski definition) is 4. The Balaban J connectivity index is 0.000000203. The molecule has 6 aromatic rings. The first kappa shape index (κ1) is 81.4. The predicted octanol–water partition coefficient (Wildman–Crippen LogP) is 23.6. The molecule has 0 bridgehead atoms. The van der Waals surface area contributed by atoms with Gasteiger partial charge in [-0.2, -0.15) is 0 Å². The number of pyridine rings is 3. The quantitative estimate of drug-likeness (QED) is 0.0853. The molecule has 0 saturated heterocycles. The van der Waals surface area contributed by atoms with Crippen LogP contribution in [0.2, 0.25) is 0 Å². The molecule has 13 nitrogen and oxygen atoms in total. The zero-order valence-electron chi connectivity index (χ0n) is 63.9. The number of carboxylic acid groups (broad SMARTS) is 1. The maximum absolute atomic E-state index is 12.9. The largest absolute Gasteiger partial charge is 0.512 e. The lowest BCUT2D eigenvalue weighted by Gasteiger charge is -2.31. The van der Waals surface area contributed by atoms with Crippen LogP contribution in [0.15, 0.2) is 69.9 Å². The van der Waals surface area contributed by atoms with Gasteiger partial charge in [0.15, 0.2) is 17.7 Å². The van der Waals surface area contributed by atoms with Gasteiger partial charge in [-0.1, -0.05) is 83.9 Å². The molecule has 0 amide bonds. The molecular formula is C83H114ClN3O10S3. The van der Waals surface area contributed by atoms with Gasteiger partial charge < -0.3 is 34.6 Å². The van der Waals surface area contributed by atoms with Gasteiger partial charge in [0.2, 0.25) is 0 Å². The van der Waals surface area contributed by atoms with Gasteiger partial charge in [0.1, 0.15) is 44.0 Å². The highest BCUT2D eigenvalue weighted by atomic mass is 35.5. The number of aliphatic carboxylic acids is 1. The summed E-state index contributed by atoms with van der Waals surface area (Å²) in [5, 5.41) is 47.1. The van der Waals surface area contributed by atoms with Crippen LogP contribution in [0.25, 0.3) is 30.6 Å². The summed E-state index contributed by atoms with van der Waals surface area (Å²) in [6.07, 6.45) is 25.0. The lowest BCUT2D eigenvalue weighted by molar-refractivity contribution is -0.160. The van der Waals surface area contributed by atoms with Gasteiger partial charge in [0.05, 0.1) is 16.8 Å². The third-order valence-electron chi connectivity index (χ3n) is 18.6. The Morgan fingerprint density at radius 3 is 1.11 bits per heavy atom. The van der Waals surface area contributed by atoms with Crippen molar-refractivity contribution in [1.29, 1.82) is 0 Å². The van der Waals surface area contributed by atoms with Gasteiger partial charge >= 0.3 is 5.97 Å². The number of aliphatic hydroxyl groups excluding tert-OH is 3. The molecule has 0 radical (unpaired) electrons. The monoisotopic (exact) mass is 1440 g/mol. The van der Waals surface area contributed by atoms with E-state index in [0.717, 1.165) is 145 Å². The van der Waals surface area contributed by atoms with Crippen molar-refractivity contribution < 1.29 is 49.0 Å². The maximum Gasteiger partial charge on any atom is 0.337 e. The Kier molecular flexibility index (Phi) is 28.2. The molecule has 6 heterocycles. The number of nitrogens with zero attached hydrogens (tertiary/aromatic N) is 3. The molecule has 17 heteroatoms. The minimum atomic E-state index is -1.15. The van der Waals surface area contributed by atoms with E-state index < -0.39 is 41.1 Å². The molecule has 6 aromatic heterocycles. The van der Waals surface area contributed by atoms with Gasteiger partial charge in [-0.25, -0.2) is 19.7 Å². The molecule has 0 saturated carbocycles. The fourth-order valence-corrected chi connectivity index (χ4v) is 18.8. The zero-order valence-corrected chi connectivity index (χ0v) is 67.1. The summed E-state index contributed by atoms with van der Waals surface area (Å²) in [5.74, 6) is -0.978. The van der Waals surface area contributed by atoms with Crippen molar-refractivity contribution in [1.82, 2.24) is 15.0 Å². The number of fused-ring (bicyclic) bond motifs is 9. The molecule has 100 heavy (non-hydrogen) atoms. The van der Waals surface area contributed by atoms with Crippen LogP contribution in [0.3, 0.4) is 0 Å². The van der Waals surface area contributed by atoms with E-state index in [1.807, 2.05) is 144 Å². The second kappa shape index (κ2) is 34.6. The molecule has 0 aliphatic heterocycles. The first-order valence-corrected chi connectivity index (χ1v) is 39.6. The molecule has 6 aliphatic rings. The number of thiophene rings is 3. The van der Waals surface area contributed by atoms with Gasteiger partial charge in [-0.05, 0) is 264 Å². The van der Waals surface area contributed by atoms with E-state index in [0.29, 0.717) is 34.9 Å². The summed E-state index contributed by atoms with van der Waals surface area (Å²) in [5.41, 5.74) is 12.0. The van der Waals surface area contributed by atoms with Crippen LogP contribution in [0.4, 0.5) is 0 Å². The molecule has 0 unspecified atom stereocenters. The number of ketones is 2. The number of carbonyl (C=O) groups is 3. The Bertz CT molecular complexity index is 3990. The van der Waals surface area contributed by atoms with E-state index in [2.05, 4.69) is 19.1 Å². The molecule has 0 fully saturated rings. The number of halogens is 1. The summed E-state index contributed by atoms with van der Waals surface area (Å²) in [7, 11) is 0. The van der Waals surface area contributed by atoms with E-state index in [1.54, 1.807) is 60.0 Å². The fraction of sp³-hybridized carbons (Fsp3) is 0.566.